The number of rotatable bonds is 5. The summed E-state index contributed by atoms with van der Waals surface area (Å²) in [4.78, 5) is 16.9. The van der Waals surface area contributed by atoms with E-state index in [0.717, 1.165) is 45.7 Å². The molecule has 1 atom stereocenters. The quantitative estimate of drug-likeness (QED) is 0.744. The van der Waals surface area contributed by atoms with E-state index in [2.05, 4.69) is 16.5 Å². The first-order valence-corrected chi connectivity index (χ1v) is 8.45. The molecule has 0 spiro atoms. The molecule has 0 aromatic heterocycles. The minimum Gasteiger partial charge on any atom is -0.339 e. The smallest absolute Gasteiger partial charge is 0.240 e. The van der Waals surface area contributed by atoms with Crippen molar-refractivity contribution in [3.05, 3.63) is 0 Å². The van der Waals surface area contributed by atoms with Crippen molar-refractivity contribution in [2.75, 3.05) is 51.3 Å². The lowest BCUT2D eigenvalue weighted by Crippen LogP contribution is -2.52. The minimum absolute atomic E-state index is 0.171. The van der Waals surface area contributed by atoms with Crippen LogP contribution in [0.15, 0.2) is 0 Å². The molecular formula is C13H25N3OS. The predicted octanol–water partition coefficient (Wildman–Crippen LogP) is 0.636. The highest BCUT2D eigenvalue weighted by atomic mass is 32.2. The van der Waals surface area contributed by atoms with Crippen LogP contribution >= 0.6 is 11.8 Å². The maximum Gasteiger partial charge on any atom is 0.240 e. The van der Waals surface area contributed by atoms with Crippen LogP contribution in [0.2, 0.25) is 0 Å². The van der Waals surface area contributed by atoms with Crippen LogP contribution in [0.5, 0.6) is 0 Å². The van der Waals surface area contributed by atoms with Crippen molar-refractivity contribution in [3.8, 4) is 0 Å². The van der Waals surface area contributed by atoms with Gasteiger partial charge in [0.25, 0.3) is 0 Å². The van der Waals surface area contributed by atoms with Crippen molar-refractivity contribution in [1.29, 1.82) is 0 Å². The number of carbonyl (C=O) groups is 1. The van der Waals surface area contributed by atoms with Crippen molar-refractivity contribution in [2.45, 2.75) is 25.3 Å². The van der Waals surface area contributed by atoms with E-state index in [9.17, 15) is 4.79 Å². The van der Waals surface area contributed by atoms with E-state index in [0.29, 0.717) is 5.91 Å². The Bertz CT molecular complexity index is 269. The van der Waals surface area contributed by atoms with Crippen LogP contribution in [0.1, 0.15) is 19.3 Å². The fourth-order valence-electron chi connectivity index (χ4n) is 2.88. The largest absolute Gasteiger partial charge is 0.339 e. The monoisotopic (exact) mass is 271 g/mol. The van der Waals surface area contributed by atoms with E-state index in [1.54, 1.807) is 0 Å². The molecule has 0 radical (unpaired) electrons. The van der Waals surface area contributed by atoms with Gasteiger partial charge in [-0.3, -0.25) is 9.69 Å². The van der Waals surface area contributed by atoms with Gasteiger partial charge in [-0.2, -0.15) is 11.8 Å². The lowest BCUT2D eigenvalue weighted by atomic mass is 10.1. The van der Waals surface area contributed by atoms with Gasteiger partial charge in [0.15, 0.2) is 0 Å². The highest BCUT2D eigenvalue weighted by Crippen LogP contribution is 2.20. The van der Waals surface area contributed by atoms with Gasteiger partial charge in [-0.25, -0.2) is 0 Å². The van der Waals surface area contributed by atoms with E-state index in [4.69, 9.17) is 0 Å². The second kappa shape index (κ2) is 7.36. The molecule has 2 saturated heterocycles. The standard InChI is InChI=1S/C13H25N3OS/c1-18-11-3-8-15-7-2-4-12(15)13(17)16-9-5-14-6-10-16/h12,14H,2-11H2,1H3. The molecule has 1 amide bonds. The second-order valence-electron chi connectivity index (χ2n) is 5.12. The lowest BCUT2D eigenvalue weighted by molar-refractivity contribution is -0.136. The maximum atomic E-state index is 12.5. The number of carbonyl (C=O) groups excluding carboxylic acids is 1. The maximum absolute atomic E-state index is 12.5. The summed E-state index contributed by atoms with van der Waals surface area (Å²) >= 11 is 1.89. The number of thioether (sulfide) groups is 1. The second-order valence-corrected chi connectivity index (χ2v) is 6.10. The zero-order chi connectivity index (χ0) is 12.8. The first-order chi connectivity index (χ1) is 8.83. The minimum atomic E-state index is 0.171. The molecule has 2 fully saturated rings. The average Bonchev–Trinajstić information content (AvgIpc) is 2.88. The van der Waals surface area contributed by atoms with Gasteiger partial charge in [-0.15, -0.1) is 0 Å². The molecule has 4 nitrogen and oxygen atoms in total. The third-order valence-electron chi connectivity index (χ3n) is 3.87. The van der Waals surface area contributed by atoms with Gasteiger partial charge in [0, 0.05) is 26.2 Å². The molecule has 0 aliphatic carbocycles. The Morgan fingerprint density at radius 1 is 1.33 bits per heavy atom. The van der Waals surface area contributed by atoms with E-state index < -0.39 is 0 Å². The molecular weight excluding hydrogens is 246 g/mol. The van der Waals surface area contributed by atoms with Crippen molar-refractivity contribution < 1.29 is 4.79 Å². The first kappa shape index (κ1) is 14.2. The van der Waals surface area contributed by atoms with Crippen molar-refractivity contribution in [1.82, 2.24) is 15.1 Å². The molecule has 0 saturated carbocycles. The molecule has 5 heteroatoms. The van der Waals surface area contributed by atoms with E-state index in [1.807, 2.05) is 16.7 Å². The summed E-state index contributed by atoms with van der Waals surface area (Å²) < 4.78 is 0. The third kappa shape index (κ3) is 3.62. The van der Waals surface area contributed by atoms with Crippen molar-refractivity contribution in [3.63, 3.8) is 0 Å². The summed E-state index contributed by atoms with van der Waals surface area (Å²) in [6, 6.07) is 0.171. The number of hydrogen-bond acceptors (Lipinski definition) is 4. The third-order valence-corrected chi connectivity index (χ3v) is 4.57. The summed E-state index contributed by atoms with van der Waals surface area (Å²) in [6.07, 6.45) is 5.59. The van der Waals surface area contributed by atoms with Gasteiger partial charge in [-0.1, -0.05) is 0 Å². The molecule has 0 aromatic carbocycles. The zero-order valence-corrected chi connectivity index (χ0v) is 12.2. The van der Waals surface area contributed by atoms with Gasteiger partial charge in [0.1, 0.15) is 0 Å². The van der Waals surface area contributed by atoms with Crippen LogP contribution in [0.3, 0.4) is 0 Å². The van der Waals surface area contributed by atoms with Crippen molar-refractivity contribution in [2.24, 2.45) is 0 Å². The number of likely N-dealkylation sites (tertiary alicyclic amines) is 1. The zero-order valence-electron chi connectivity index (χ0n) is 11.4. The number of piperazine rings is 1. The lowest BCUT2D eigenvalue weighted by Gasteiger charge is -2.33. The number of nitrogens with one attached hydrogen (secondary N) is 1. The van der Waals surface area contributed by atoms with Crippen LogP contribution < -0.4 is 5.32 Å². The first-order valence-electron chi connectivity index (χ1n) is 7.05. The van der Waals surface area contributed by atoms with Gasteiger partial charge >= 0.3 is 0 Å². The Morgan fingerprint density at radius 2 is 2.11 bits per heavy atom. The van der Waals surface area contributed by atoms with Crippen LogP contribution in [-0.4, -0.2) is 73.0 Å². The van der Waals surface area contributed by atoms with E-state index in [1.165, 1.54) is 18.6 Å². The fourth-order valence-corrected chi connectivity index (χ4v) is 3.30. The fraction of sp³-hybridized carbons (Fsp3) is 0.923. The van der Waals surface area contributed by atoms with Gasteiger partial charge in [0.2, 0.25) is 5.91 Å². The highest BCUT2D eigenvalue weighted by Gasteiger charge is 2.33. The normalized spacial score (nSPS) is 25.6. The molecule has 0 aromatic rings. The van der Waals surface area contributed by atoms with Crippen LogP contribution in [0.25, 0.3) is 0 Å². The van der Waals surface area contributed by atoms with Gasteiger partial charge in [-0.05, 0) is 44.4 Å². The van der Waals surface area contributed by atoms with E-state index in [-0.39, 0.29) is 6.04 Å². The topological polar surface area (TPSA) is 35.6 Å². The Hall–Kier alpha value is -0.260. The number of amides is 1. The molecule has 104 valence electrons. The summed E-state index contributed by atoms with van der Waals surface area (Å²) in [6.45, 7) is 5.86. The number of hydrogen-bond donors (Lipinski definition) is 1. The molecule has 2 aliphatic rings. The molecule has 1 N–H and O–H groups in total. The number of nitrogens with zero attached hydrogens (tertiary/aromatic N) is 2. The Morgan fingerprint density at radius 3 is 2.83 bits per heavy atom. The molecule has 2 heterocycles. The molecule has 2 aliphatic heterocycles. The Labute approximate surface area is 114 Å². The molecule has 18 heavy (non-hydrogen) atoms. The van der Waals surface area contributed by atoms with Gasteiger partial charge < -0.3 is 10.2 Å². The van der Waals surface area contributed by atoms with Crippen LogP contribution in [0.4, 0.5) is 0 Å². The summed E-state index contributed by atoms with van der Waals surface area (Å²) in [5.74, 6) is 1.57. The summed E-state index contributed by atoms with van der Waals surface area (Å²) in [5, 5.41) is 3.30. The highest BCUT2D eigenvalue weighted by molar-refractivity contribution is 7.98. The van der Waals surface area contributed by atoms with Crippen LogP contribution in [0, 0.1) is 0 Å². The average molecular weight is 271 g/mol. The summed E-state index contributed by atoms with van der Waals surface area (Å²) in [5.41, 5.74) is 0. The molecule has 0 bridgehead atoms. The van der Waals surface area contributed by atoms with E-state index >= 15 is 0 Å². The SMILES string of the molecule is CSCCCN1CCCC1C(=O)N1CCNCC1. The van der Waals surface area contributed by atoms with Crippen LogP contribution in [-0.2, 0) is 4.79 Å². The Balaban J connectivity index is 1.83. The molecule has 2 rings (SSSR count). The Kier molecular flexibility index (Phi) is 5.79. The predicted molar refractivity (Wildman–Crippen MR) is 77.0 cm³/mol. The summed E-state index contributed by atoms with van der Waals surface area (Å²) in [7, 11) is 0. The molecule has 1 unspecified atom stereocenters. The van der Waals surface area contributed by atoms with Crippen molar-refractivity contribution >= 4 is 17.7 Å². The van der Waals surface area contributed by atoms with Gasteiger partial charge in [0.05, 0.1) is 6.04 Å².